The molecule has 0 saturated heterocycles. The lowest BCUT2D eigenvalue weighted by atomic mass is 9.79. The molecule has 0 heterocycles. The second-order valence-corrected chi connectivity index (χ2v) is 13.6. The van der Waals surface area contributed by atoms with Gasteiger partial charge in [0.2, 0.25) is 0 Å². The van der Waals surface area contributed by atoms with E-state index in [4.69, 9.17) is 0 Å². The van der Waals surface area contributed by atoms with Gasteiger partial charge in [-0.1, -0.05) is 93.5 Å². The van der Waals surface area contributed by atoms with Gasteiger partial charge in [-0.05, 0) is 28.1 Å². The lowest BCUT2D eigenvalue weighted by Crippen LogP contribution is -2.31. The molecule has 0 aromatic carbocycles. The topological polar surface area (TPSA) is 0 Å². The second-order valence-electron chi connectivity index (χ2n) is 9.32. The van der Waals surface area contributed by atoms with Crippen molar-refractivity contribution in [2.75, 3.05) is 12.3 Å². The van der Waals surface area contributed by atoms with Crippen LogP contribution in [0.1, 0.15) is 62.3 Å². The van der Waals surface area contributed by atoms with Crippen LogP contribution in [0.2, 0.25) is 0 Å². The van der Waals surface area contributed by atoms with Crippen molar-refractivity contribution in [2.45, 2.75) is 72.6 Å². The van der Waals surface area contributed by atoms with Gasteiger partial charge >= 0.3 is 0 Å². The van der Waals surface area contributed by atoms with Crippen LogP contribution in [0.5, 0.6) is 0 Å². The van der Waals surface area contributed by atoms with E-state index in [-0.39, 0.29) is 13.3 Å². The maximum Gasteiger partial charge on any atom is 0.00614 e. The fourth-order valence-electron chi connectivity index (χ4n) is 3.56. The van der Waals surface area contributed by atoms with Crippen molar-refractivity contribution in [3.05, 3.63) is 23.3 Å². The van der Waals surface area contributed by atoms with Gasteiger partial charge in [-0.2, -0.15) is 0 Å². The summed E-state index contributed by atoms with van der Waals surface area (Å²) in [5, 5.41) is 0.816. The average Bonchev–Trinajstić information content (AvgIpc) is 2.64. The molecule has 0 radical (unpaired) electrons. The summed E-state index contributed by atoms with van der Waals surface area (Å²) < 4.78 is 0. The normalized spacial score (nSPS) is 20.8. The Morgan fingerprint density at radius 2 is 1.38 bits per heavy atom. The van der Waals surface area contributed by atoms with E-state index >= 15 is 0 Å². The molecule has 0 aromatic heterocycles. The summed E-state index contributed by atoms with van der Waals surface area (Å²) in [5.74, 6) is 0.659. The summed E-state index contributed by atoms with van der Waals surface area (Å²) in [6.45, 7) is 21.7. The molecule has 0 aromatic rings. The Morgan fingerprint density at radius 3 is 1.71 bits per heavy atom. The van der Waals surface area contributed by atoms with Crippen molar-refractivity contribution in [1.29, 1.82) is 0 Å². The molecule has 0 saturated carbocycles. The highest BCUT2D eigenvalue weighted by atomic mass is 31.1. The Balaban J connectivity index is 3.11. The first-order chi connectivity index (χ1) is 9.28. The minimum Gasteiger partial charge on any atom is -0.133 e. The molecule has 0 amide bonds. The number of allylic oxidation sites excluding steroid dienone is 4. The standard InChI is InChI=1S/C19H36P2/c1-17(2,3)16-11-10-14(12-20)15(16)13-21(18(4,5)6)19(7,8)9/h10-11,15H,12-13,20H2,1-9H3. The summed E-state index contributed by atoms with van der Waals surface area (Å²) in [6, 6.07) is 0. The minimum atomic E-state index is -0.0508. The predicted molar refractivity (Wildman–Crippen MR) is 105 cm³/mol. The van der Waals surface area contributed by atoms with Crippen molar-refractivity contribution in [2.24, 2.45) is 11.3 Å². The van der Waals surface area contributed by atoms with Crippen LogP contribution in [0.15, 0.2) is 23.3 Å². The molecule has 2 heteroatoms. The zero-order valence-corrected chi connectivity index (χ0v) is 17.7. The van der Waals surface area contributed by atoms with Crippen LogP contribution in [0.25, 0.3) is 0 Å². The van der Waals surface area contributed by atoms with Gasteiger partial charge in [0.05, 0.1) is 0 Å². The van der Waals surface area contributed by atoms with Gasteiger partial charge in [0, 0.05) is 5.92 Å². The molecular weight excluding hydrogens is 290 g/mol. The van der Waals surface area contributed by atoms with Crippen LogP contribution >= 0.6 is 17.2 Å². The van der Waals surface area contributed by atoms with E-state index in [1.54, 1.807) is 11.1 Å². The number of hydrogen-bond acceptors (Lipinski definition) is 0. The highest BCUT2D eigenvalue weighted by molar-refractivity contribution is 7.60. The Morgan fingerprint density at radius 1 is 0.905 bits per heavy atom. The first-order valence-corrected chi connectivity index (χ1v) is 10.5. The van der Waals surface area contributed by atoms with Crippen LogP contribution in [-0.4, -0.2) is 22.6 Å². The molecule has 21 heavy (non-hydrogen) atoms. The highest BCUT2D eigenvalue weighted by Gasteiger charge is 2.39. The summed E-state index contributed by atoms with van der Waals surface area (Å²) in [4.78, 5) is 0. The molecule has 2 atom stereocenters. The maximum absolute atomic E-state index is 2.93. The van der Waals surface area contributed by atoms with Crippen LogP contribution in [0.3, 0.4) is 0 Å². The van der Waals surface area contributed by atoms with Gasteiger partial charge in [0.1, 0.15) is 0 Å². The zero-order valence-electron chi connectivity index (χ0n) is 15.7. The van der Waals surface area contributed by atoms with E-state index in [1.165, 1.54) is 6.16 Å². The Labute approximate surface area is 137 Å². The smallest absolute Gasteiger partial charge is 0.00614 e. The molecule has 0 aliphatic heterocycles. The fourth-order valence-corrected chi connectivity index (χ4v) is 7.89. The van der Waals surface area contributed by atoms with Crippen molar-refractivity contribution in [3.8, 4) is 0 Å². The molecule has 1 aliphatic carbocycles. The van der Waals surface area contributed by atoms with E-state index in [0.717, 1.165) is 6.16 Å². The monoisotopic (exact) mass is 326 g/mol. The van der Waals surface area contributed by atoms with Crippen LogP contribution in [0.4, 0.5) is 0 Å². The van der Waals surface area contributed by atoms with Gasteiger partial charge in [-0.15, -0.1) is 9.24 Å². The zero-order chi connectivity index (χ0) is 16.6. The molecule has 0 spiro atoms. The summed E-state index contributed by atoms with van der Waals surface area (Å²) in [6.07, 6.45) is 7.24. The summed E-state index contributed by atoms with van der Waals surface area (Å²) in [7, 11) is 2.88. The summed E-state index contributed by atoms with van der Waals surface area (Å²) in [5.41, 5.74) is 3.53. The third-order valence-electron chi connectivity index (χ3n) is 4.39. The molecule has 1 rings (SSSR count). The third kappa shape index (κ3) is 4.91. The Kier molecular flexibility index (Phi) is 5.96. The Hall–Kier alpha value is 0.340. The lowest BCUT2D eigenvalue weighted by molar-refractivity contribution is 0.461. The first-order valence-electron chi connectivity index (χ1n) is 8.17. The van der Waals surface area contributed by atoms with E-state index in [2.05, 4.69) is 83.7 Å². The molecule has 122 valence electrons. The van der Waals surface area contributed by atoms with Crippen LogP contribution in [-0.2, 0) is 0 Å². The van der Waals surface area contributed by atoms with Gasteiger partial charge in [0.15, 0.2) is 0 Å². The SMILES string of the molecule is CC(C)(C)C1=CC=C(CP)C1CP(C(C)(C)C)C(C)(C)C. The lowest BCUT2D eigenvalue weighted by Gasteiger charge is -2.44. The van der Waals surface area contributed by atoms with Crippen molar-refractivity contribution in [3.63, 3.8) is 0 Å². The molecule has 0 N–H and O–H groups in total. The van der Waals surface area contributed by atoms with Crippen molar-refractivity contribution < 1.29 is 0 Å². The molecule has 1 aliphatic rings. The molecule has 0 nitrogen and oxygen atoms in total. The van der Waals surface area contributed by atoms with Gasteiger partial charge < -0.3 is 0 Å². The van der Waals surface area contributed by atoms with E-state index in [9.17, 15) is 0 Å². The van der Waals surface area contributed by atoms with Crippen LogP contribution < -0.4 is 0 Å². The maximum atomic E-state index is 2.93. The average molecular weight is 326 g/mol. The van der Waals surface area contributed by atoms with E-state index in [0.29, 0.717) is 16.2 Å². The van der Waals surface area contributed by atoms with E-state index in [1.807, 2.05) is 0 Å². The number of rotatable bonds is 3. The van der Waals surface area contributed by atoms with Crippen LogP contribution in [0, 0.1) is 11.3 Å². The summed E-state index contributed by atoms with van der Waals surface area (Å²) >= 11 is 0. The second kappa shape index (κ2) is 6.45. The quantitative estimate of drug-likeness (QED) is 0.521. The van der Waals surface area contributed by atoms with Gasteiger partial charge in [-0.3, -0.25) is 0 Å². The van der Waals surface area contributed by atoms with Crippen molar-refractivity contribution >= 4 is 17.2 Å². The highest BCUT2D eigenvalue weighted by Crippen LogP contribution is 2.62. The number of hydrogen-bond donors (Lipinski definition) is 0. The third-order valence-corrected chi connectivity index (χ3v) is 8.83. The fraction of sp³-hybridized carbons (Fsp3) is 0.789. The predicted octanol–water partition coefficient (Wildman–Crippen LogP) is 6.47. The molecule has 0 fully saturated rings. The minimum absolute atomic E-state index is 0.0508. The molecule has 0 bridgehead atoms. The largest absolute Gasteiger partial charge is 0.133 e. The van der Waals surface area contributed by atoms with Crippen molar-refractivity contribution in [1.82, 2.24) is 0 Å². The first kappa shape index (κ1) is 19.4. The van der Waals surface area contributed by atoms with Gasteiger partial charge in [-0.25, -0.2) is 0 Å². The van der Waals surface area contributed by atoms with E-state index < -0.39 is 0 Å². The molecular formula is C19H36P2. The van der Waals surface area contributed by atoms with Gasteiger partial charge in [0.25, 0.3) is 0 Å². The Bertz CT molecular complexity index is 408. The molecule has 2 unspecified atom stereocenters.